The Bertz CT molecular complexity index is 1230. The van der Waals surface area contributed by atoms with Gasteiger partial charge in [-0.1, -0.05) is 48.5 Å². The Hall–Kier alpha value is -4.19. The zero-order chi connectivity index (χ0) is 20.9. The Balaban J connectivity index is 1.56. The smallest absolute Gasteiger partial charge is 0.251 e. The van der Waals surface area contributed by atoms with E-state index in [1.54, 1.807) is 24.4 Å². The summed E-state index contributed by atoms with van der Waals surface area (Å²) in [6, 6.07) is 22.1. The zero-order valence-corrected chi connectivity index (χ0v) is 16.1. The first-order valence-corrected chi connectivity index (χ1v) is 9.49. The highest BCUT2D eigenvalue weighted by atomic mass is 16.2. The third-order valence-corrected chi connectivity index (χ3v) is 4.74. The number of amides is 2. The average Bonchev–Trinajstić information content (AvgIpc) is 3.18. The topological polar surface area (TPSA) is 101 Å². The molecule has 2 heterocycles. The molecule has 6 heteroatoms. The van der Waals surface area contributed by atoms with Crippen molar-refractivity contribution in [1.29, 1.82) is 0 Å². The summed E-state index contributed by atoms with van der Waals surface area (Å²) in [7, 11) is 0. The number of carbonyl (C=O) groups excluding carboxylic acids is 2. The van der Waals surface area contributed by atoms with E-state index < -0.39 is 5.91 Å². The highest BCUT2D eigenvalue weighted by Crippen LogP contribution is 2.23. The molecule has 0 atom stereocenters. The monoisotopic (exact) mass is 396 g/mol. The van der Waals surface area contributed by atoms with Gasteiger partial charge in [0, 0.05) is 28.3 Å². The van der Waals surface area contributed by atoms with Crippen LogP contribution in [0.2, 0.25) is 0 Å². The summed E-state index contributed by atoms with van der Waals surface area (Å²) in [4.78, 5) is 31.9. The molecule has 6 nitrogen and oxygen atoms in total. The number of nitrogens with two attached hydrogens (primary N) is 1. The van der Waals surface area contributed by atoms with Gasteiger partial charge in [-0.05, 0) is 35.9 Å². The molecule has 0 fully saturated rings. The molecular weight excluding hydrogens is 376 g/mol. The molecule has 2 amide bonds. The Kier molecular flexibility index (Phi) is 5.39. The van der Waals surface area contributed by atoms with Crippen LogP contribution in [0.15, 0.2) is 79.0 Å². The highest BCUT2D eigenvalue weighted by Gasteiger charge is 2.11. The lowest BCUT2D eigenvalue weighted by molar-refractivity contribution is -0.112. The van der Waals surface area contributed by atoms with Crippen LogP contribution >= 0.6 is 0 Å². The van der Waals surface area contributed by atoms with Crippen LogP contribution in [0.5, 0.6) is 0 Å². The number of rotatable bonds is 6. The lowest BCUT2D eigenvalue weighted by Crippen LogP contribution is -2.23. The van der Waals surface area contributed by atoms with Crippen molar-refractivity contribution in [2.24, 2.45) is 5.73 Å². The number of hydrogen-bond acceptors (Lipinski definition) is 3. The summed E-state index contributed by atoms with van der Waals surface area (Å²) in [5.41, 5.74) is 9.59. The molecule has 4 rings (SSSR count). The number of nitrogens with zero attached hydrogens (tertiary/aromatic N) is 1. The van der Waals surface area contributed by atoms with Crippen LogP contribution in [0.1, 0.15) is 27.2 Å². The van der Waals surface area contributed by atoms with Crippen molar-refractivity contribution in [1.82, 2.24) is 15.3 Å². The van der Waals surface area contributed by atoms with Crippen LogP contribution in [-0.2, 0) is 11.3 Å². The van der Waals surface area contributed by atoms with E-state index >= 15 is 0 Å². The summed E-state index contributed by atoms with van der Waals surface area (Å²) < 4.78 is 0. The number of hydrogen-bond donors (Lipinski definition) is 3. The molecule has 2 aromatic heterocycles. The molecule has 0 aliphatic carbocycles. The predicted molar refractivity (Wildman–Crippen MR) is 117 cm³/mol. The van der Waals surface area contributed by atoms with Crippen LogP contribution in [-0.4, -0.2) is 21.8 Å². The zero-order valence-electron chi connectivity index (χ0n) is 16.1. The maximum absolute atomic E-state index is 12.2. The van der Waals surface area contributed by atoms with Gasteiger partial charge >= 0.3 is 0 Å². The average molecular weight is 396 g/mol. The van der Waals surface area contributed by atoms with E-state index in [2.05, 4.69) is 15.3 Å². The van der Waals surface area contributed by atoms with Gasteiger partial charge in [-0.25, -0.2) is 4.98 Å². The number of H-pyrrole nitrogens is 1. The molecule has 0 bridgehead atoms. The number of primary amides is 1. The minimum absolute atomic E-state index is 0.151. The van der Waals surface area contributed by atoms with E-state index in [-0.39, 0.29) is 5.91 Å². The minimum atomic E-state index is -0.497. The van der Waals surface area contributed by atoms with E-state index in [0.717, 1.165) is 22.2 Å². The van der Waals surface area contributed by atoms with Crippen LogP contribution in [0, 0.1) is 0 Å². The summed E-state index contributed by atoms with van der Waals surface area (Å²) in [6.07, 6.45) is 3.55. The fourth-order valence-electron chi connectivity index (χ4n) is 3.22. The van der Waals surface area contributed by atoms with E-state index in [9.17, 15) is 9.59 Å². The van der Waals surface area contributed by atoms with Crippen LogP contribution < -0.4 is 11.1 Å². The Morgan fingerprint density at radius 3 is 2.27 bits per heavy atom. The normalized spacial score (nSPS) is 11.4. The van der Waals surface area contributed by atoms with Gasteiger partial charge in [-0.2, -0.15) is 0 Å². The number of benzene rings is 2. The second-order valence-electron chi connectivity index (χ2n) is 6.78. The van der Waals surface area contributed by atoms with E-state index in [4.69, 9.17) is 5.73 Å². The van der Waals surface area contributed by atoms with Crippen LogP contribution in [0.4, 0.5) is 0 Å². The molecule has 0 aliphatic rings. The first kappa shape index (κ1) is 19.1. The molecule has 4 aromatic rings. The third kappa shape index (κ3) is 4.12. The Labute approximate surface area is 173 Å². The van der Waals surface area contributed by atoms with Gasteiger partial charge < -0.3 is 16.0 Å². The first-order valence-electron chi connectivity index (χ1n) is 9.49. The number of pyridine rings is 1. The molecular formula is C24H20N4O2. The molecule has 0 radical (unpaired) electrons. The summed E-state index contributed by atoms with van der Waals surface area (Å²) in [5.74, 6) is -0.648. The molecule has 0 saturated heterocycles. The van der Waals surface area contributed by atoms with Crippen molar-refractivity contribution < 1.29 is 9.59 Å². The number of aromatic nitrogens is 2. The van der Waals surface area contributed by atoms with E-state index in [1.807, 2.05) is 60.7 Å². The largest absolute Gasteiger partial charge is 0.366 e. The van der Waals surface area contributed by atoms with Crippen molar-refractivity contribution in [3.8, 4) is 0 Å². The summed E-state index contributed by atoms with van der Waals surface area (Å²) in [5, 5.41) is 3.73. The second kappa shape index (κ2) is 8.45. The van der Waals surface area contributed by atoms with Crippen molar-refractivity contribution >= 4 is 34.5 Å². The van der Waals surface area contributed by atoms with E-state index in [0.29, 0.717) is 23.3 Å². The van der Waals surface area contributed by atoms with Gasteiger partial charge in [0.1, 0.15) is 5.65 Å². The maximum Gasteiger partial charge on any atom is 0.251 e. The Morgan fingerprint density at radius 2 is 1.60 bits per heavy atom. The minimum Gasteiger partial charge on any atom is -0.366 e. The fourth-order valence-corrected chi connectivity index (χ4v) is 3.22. The molecule has 0 aliphatic heterocycles. The second-order valence-corrected chi connectivity index (χ2v) is 6.78. The predicted octanol–water partition coefficient (Wildman–Crippen LogP) is 3.52. The number of aromatic amines is 1. The molecule has 0 spiro atoms. The summed E-state index contributed by atoms with van der Waals surface area (Å²) >= 11 is 0. The number of nitrogens with one attached hydrogen (secondary N) is 2. The van der Waals surface area contributed by atoms with Gasteiger partial charge in [-0.15, -0.1) is 0 Å². The van der Waals surface area contributed by atoms with E-state index in [1.165, 1.54) is 0 Å². The lowest BCUT2D eigenvalue weighted by Gasteiger charge is -2.05. The van der Waals surface area contributed by atoms with Gasteiger partial charge in [0.25, 0.3) is 5.91 Å². The standard InChI is InChI=1S/C24H20N4O2/c25-22(29)21(16-7-3-1-4-8-16)13-18-14-26-23-20(18)12-11-19(28-23)15-27-24(30)17-9-5-2-6-10-17/h1-14H,15H2,(H2,25,29)(H,26,28)(H,27,30). The van der Waals surface area contributed by atoms with Crippen molar-refractivity contribution in [2.45, 2.75) is 6.54 Å². The van der Waals surface area contributed by atoms with Crippen molar-refractivity contribution in [3.63, 3.8) is 0 Å². The maximum atomic E-state index is 12.2. The third-order valence-electron chi connectivity index (χ3n) is 4.74. The summed E-state index contributed by atoms with van der Waals surface area (Å²) in [6.45, 7) is 0.310. The molecule has 2 aromatic carbocycles. The lowest BCUT2D eigenvalue weighted by atomic mass is 10.0. The SMILES string of the molecule is NC(=O)C(=Cc1c[nH]c2nc(CNC(=O)c3ccccc3)ccc12)c1ccccc1. The van der Waals surface area contributed by atoms with Crippen molar-refractivity contribution in [3.05, 3.63) is 101 Å². The quantitative estimate of drug-likeness (QED) is 0.435. The van der Waals surface area contributed by atoms with Crippen LogP contribution in [0.3, 0.4) is 0 Å². The first-order chi connectivity index (χ1) is 14.6. The molecule has 4 N–H and O–H groups in total. The van der Waals surface area contributed by atoms with Crippen LogP contribution in [0.25, 0.3) is 22.7 Å². The number of fused-ring (bicyclic) bond motifs is 1. The van der Waals surface area contributed by atoms with Gasteiger partial charge in [0.05, 0.1) is 12.2 Å². The van der Waals surface area contributed by atoms with Crippen molar-refractivity contribution in [2.75, 3.05) is 0 Å². The molecule has 0 unspecified atom stereocenters. The molecule has 0 saturated carbocycles. The Morgan fingerprint density at radius 1 is 0.933 bits per heavy atom. The molecule has 30 heavy (non-hydrogen) atoms. The molecule has 148 valence electrons. The van der Waals surface area contributed by atoms with Gasteiger partial charge in [0.2, 0.25) is 5.91 Å². The highest BCUT2D eigenvalue weighted by molar-refractivity contribution is 6.24. The van der Waals surface area contributed by atoms with Gasteiger partial charge in [-0.3, -0.25) is 9.59 Å². The van der Waals surface area contributed by atoms with Gasteiger partial charge in [0.15, 0.2) is 0 Å². The fraction of sp³-hybridized carbons (Fsp3) is 0.0417. The number of carbonyl (C=O) groups is 2.